The summed E-state index contributed by atoms with van der Waals surface area (Å²) in [6, 6.07) is 14.4. The van der Waals surface area contributed by atoms with E-state index >= 15 is 8.78 Å². The van der Waals surface area contributed by atoms with Crippen LogP contribution >= 0.6 is 0 Å². The number of carbonyl (C=O) groups is 1. The van der Waals surface area contributed by atoms with Crippen molar-refractivity contribution in [2.75, 3.05) is 13.7 Å². The number of carboxylic acids is 1. The zero-order chi connectivity index (χ0) is 30.7. The third-order valence-electron chi connectivity index (χ3n) is 6.71. The monoisotopic (exact) mass is 590 g/mol. The highest BCUT2D eigenvalue weighted by Gasteiger charge is 2.20. The molecule has 0 aliphatic rings. The van der Waals surface area contributed by atoms with Crippen LogP contribution in [-0.4, -0.2) is 39.3 Å². The van der Waals surface area contributed by atoms with Gasteiger partial charge in [-0.3, -0.25) is 0 Å². The lowest BCUT2D eigenvalue weighted by atomic mass is 10.0. The third kappa shape index (κ3) is 6.17. The fourth-order valence-corrected chi connectivity index (χ4v) is 4.55. The van der Waals surface area contributed by atoms with Crippen LogP contribution in [0.3, 0.4) is 0 Å². The van der Waals surface area contributed by atoms with E-state index in [1.165, 1.54) is 37.4 Å². The molecule has 5 rings (SSSR count). The molecular weight excluding hydrogens is 568 g/mol. The van der Waals surface area contributed by atoms with Crippen molar-refractivity contribution in [3.8, 4) is 23.2 Å². The number of benzene rings is 3. The summed E-state index contributed by atoms with van der Waals surface area (Å²) >= 11 is 0. The molecule has 218 valence electrons. The molecule has 3 aromatic carbocycles. The van der Waals surface area contributed by atoms with Crippen molar-refractivity contribution in [3.63, 3.8) is 0 Å². The summed E-state index contributed by atoms with van der Waals surface area (Å²) in [4.78, 5) is 20.0. The highest BCUT2D eigenvalue weighted by Crippen LogP contribution is 2.29. The van der Waals surface area contributed by atoms with Gasteiger partial charge < -0.3 is 19.1 Å². The highest BCUT2D eigenvalue weighted by molar-refractivity contribution is 5.93. The Morgan fingerprint density at radius 2 is 1.74 bits per heavy atom. The minimum atomic E-state index is -1.45. The molecule has 0 fully saturated rings. The molecule has 0 bridgehead atoms. The highest BCUT2D eigenvalue weighted by atomic mass is 19.1. The van der Waals surface area contributed by atoms with Gasteiger partial charge in [0.15, 0.2) is 0 Å². The molecular formula is C31H22F4N4O4. The fraction of sp³-hybridized carbons (Fsp3) is 0.161. The van der Waals surface area contributed by atoms with Crippen molar-refractivity contribution < 1.29 is 36.9 Å². The van der Waals surface area contributed by atoms with Crippen LogP contribution in [0.5, 0.6) is 5.88 Å². The van der Waals surface area contributed by atoms with Gasteiger partial charge in [-0.05, 0) is 42.0 Å². The second kappa shape index (κ2) is 12.3. The first-order valence-corrected chi connectivity index (χ1v) is 12.9. The van der Waals surface area contributed by atoms with Crippen LogP contribution in [0.1, 0.15) is 32.9 Å². The van der Waals surface area contributed by atoms with Crippen molar-refractivity contribution in [2.45, 2.75) is 19.6 Å². The number of pyridine rings is 1. The second-order valence-corrected chi connectivity index (χ2v) is 9.47. The topological polar surface area (TPSA) is 110 Å². The van der Waals surface area contributed by atoms with E-state index in [0.717, 1.165) is 30.3 Å². The van der Waals surface area contributed by atoms with Crippen molar-refractivity contribution in [3.05, 3.63) is 112 Å². The zero-order valence-corrected chi connectivity index (χ0v) is 22.6. The average molecular weight is 591 g/mol. The number of halogens is 4. The lowest BCUT2D eigenvalue weighted by molar-refractivity contribution is 0.0692. The Labute approximate surface area is 242 Å². The molecule has 0 radical (unpaired) electrons. The molecule has 0 amide bonds. The van der Waals surface area contributed by atoms with E-state index in [0.29, 0.717) is 5.52 Å². The molecule has 0 spiro atoms. The summed E-state index contributed by atoms with van der Waals surface area (Å²) in [5, 5.41) is 18.2. The standard InChI is InChI=1S/C31H22F4N4O4/c1-42-8-7-39-28-13-21(31(40)41)25(35)14-27(28)37-29(39)11-19-10-24(34)20(12-23(19)33)26-3-2-4-30(38-26)43-16-18-6-5-17(15-36)9-22(18)32/h2-6,9-10,12-14H,7-8,11,16H2,1H3,(H,40,41). The zero-order valence-electron chi connectivity index (χ0n) is 22.6. The number of carboxylic acid groups (broad SMARTS) is 1. The summed E-state index contributed by atoms with van der Waals surface area (Å²) in [7, 11) is 1.47. The third-order valence-corrected chi connectivity index (χ3v) is 6.71. The first kappa shape index (κ1) is 29.2. The molecule has 2 heterocycles. The van der Waals surface area contributed by atoms with Crippen LogP contribution in [0.15, 0.2) is 60.7 Å². The predicted octanol–water partition coefficient (Wildman–Crippen LogP) is 6.04. The Balaban J connectivity index is 1.42. The lowest BCUT2D eigenvalue weighted by Gasteiger charge is -2.12. The number of imidazole rings is 1. The number of fused-ring (bicyclic) bond motifs is 1. The van der Waals surface area contributed by atoms with Gasteiger partial charge in [-0.15, -0.1) is 0 Å². The second-order valence-electron chi connectivity index (χ2n) is 9.47. The molecule has 43 heavy (non-hydrogen) atoms. The van der Waals surface area contributed by atoms with Crippen LogP contribution < -0.4 is 4.74 Å². The number of nitrogens with zero attached hydrogens (tertiary/aromatic N) is 4. The smallest absolute Gasteiger partial charge is 0.338 e. The Morgan fingerprint density at radius 3 is 2.47 bits per heavy atom. The average Bonchev–Trinajstić information content (AvgIpc) is 3.31. The summed E-state index contributed by atoms with van der Waals surface area (Å²) in [5.41, 5.74) is 0.167. The maximum Gasteiger partial charge on any atom is 0.338 e. The van der Waals surface area contributed by atoms with E-state index in [4.69, 9.17) is 14.7 Å². The van der Waals surface area contributed by atoms with E-state index in [2.05, 4.69) is 9.97 Å². The fourth-order valence-electron chi connectivity index (χ4n) is 4.55. The summed E-state index contributed by atoms with van der Waals surface area (Å²) in [5.74, 6) is -4.28. The molecule has 5 aromatic rings. The molecule has 0 saturated heterocycles. The lowest BCUT2D eigenvalue weighted by Crippen LogP contribution is -2.10. The molecule has 2 aromatic heterocycles. The Morgan fingerprint density at radius 1 is 0.953 bits per heavy atom. The van der Waals surface area contributed by atoms with Crippen molar-refractivity contribution in [1.29, 1.82) is 5.26 Å². The minimum absolute atomic E-state index is 0.0437. The maximum absolute atomic E-state index is 15.4. The number of aromatic carboxylic acids is 1. The summed E-state index contributed by atoms with van der Waals surface area (Å²) < 4.78 is 71.5. The van der Waals surface area contributed by atoms with Crippen LogP contribution in [0, 0.1) is 34.6 Å². The van der Waals surface area contributed by atoms with Gasteiger partial charge in [-0.2, -0.15) is 5.26 Å². The normalized spacial score (nSPS) is 11.1. The number of hydrogen-bond donors (Lipinski definition) is 1. The minimum Gasteiger partial charge on any atom is -0.478 e. The molecule has 8 nitrogen and oxygen atoms in total. The van der Waals surface area contributed by atoms with E-state index < -0.39 is 34.8 Å². The van der Waals surface area contributed by atoms with Crippen LogP contribution in [-0.2, 0) is 24.3 Å². The number of aromatic nitrogens is 3. The largest absolute Gasteiger partial charge is 0.478 e. The van der Waals surface area contributed by atoms with Gasteiger partial charge in [0.1, 0.15) is 35.7 Å². The molecule has 0 atom stereocenters. The van der Waals surface area contributed by atoms with Crippen molar-refractivity contribution in [1.82, 2.24) is 14.5 Å². The van der Waals surface area contributed by atoms with Crippen LogP contribution in [0.25, 0.3) is 22.3 Å². The predicted molar refractivity (Wildman–Crippen MR) is 146 cm³/mol. The quantitative estimate of drug-likeness (QED) is 0.198. The number of rotatable bonds is 10. The van der Waals surface area contributed by atoms with E-state index in [9.17, 15) is 18.7 Å². The number of methoxy groups -OCH3 is 1. The van der Waals surface area contributed by atoms with Gasteiger partial charge in [0.2, 0.25) is 5.88 Å². The maximum atomic E-state index is 15.4. The first-order chi connectivity index (χ1) is 20.7. The SMILES string of the molecule is COCCn1c(Cc2cc(F)c(-c3cccc(OCc4ccc(C#N)cc4F)n3)cc2F)nc2cc(F)c(C(=O)O)cc21. The molecule has 12 heteroatoms. The molecule has 0 aliphatic carbocycles. The molecule has 0 unspecified atom stereocenters. The number of ether oxygens (including phenoxy) is 2. The van der Waals surface area contributed by atoms with Crippen molar-refractivity contribution >= 4 is 17.0 Å². The van der Waals surface area contributed by atoms with Gasteiger partial charge in [-0.1, -0.05) is 12.1 Å². The summed E-state index contributed by atoms with van der Waals surface area (Å²) in [6.45, 7) is 0.208. The van der Waals surface area contributed by atoms with Gasteiger partial charge in [-0.25, -0.2) is 32.3 Å². The van der Waals surface area contributed by atoms with Gasteiger partial charge in [0.25, 0.3) is 0 Å². The van der Waals surface area contributed by atoms with E-state index in [-0.39, 0.29) is 71.3 Å². The Hall–Kier alpha value is -5.28. The van der Waals surface area contributed by atoms with Gasteiger partial charge in [0.05, 0.1) is 40.5 Å². The Bertz CT molecular complexity index is 1900. The van der Waals surface area contributed by atoms with Gasteiger partial charge >= 0.3 is 5.97 Å². The molecule has 0 saturated carbocycles. The van der Waals surface area contributed by atoms with Crippen molar-refractivity contribution in [2.24, 2.45) is 0 Å². The molecule has 1 N–H and O–H groups in total. The Kier molecular flexibility index (Phi) is 8.36. The number of nitriles is 1. The summed E-state index contributed by atoms with van der Waals surface area (Å²) in [6.07, 6.45) is -0.182. The van der Waals surface area contributed by atoms with Crippen LogP contribution in [0.2, 0.25) is 0 Å². The number of hydrogen-bond acceptors (Lipinski definition) is 6. The van der Waals surface area contributed by atoms with Gasteiger partial charge in [0, 0.05) is 43.3 Å². The molecule has 0 aliphatic heterocycles. The first-order valence-electron chi connectivity index (χ1n) is 12.9. The van der Waals surface area contributed by atoms with E-state index in [1.54, 1.807) is 4.57 Å². The van der Waals surface area contributed by atoms with E-state index in [1.807, 2.05) is 6.07 Å². The van der Waals surface area contributed by atoms with Crippen LogP contribution in [0.4, 0.5) is 17.6 Å².